The maximum Gasteiger partial charge on any atom is 0.269 e. The Labute approximate surface area is 219 Å². The van der Waals surface area contributed by atoms with Crippen molar-refractivity contribution in [3.05, 3.63) is 106 Å². The van der Waals surface area contributed by atoms with Crippen LogP contribution in [0.2, 0.25) is 0 Å². The van der Waals surface area contributed by atoms with Crippen LogP contribution in [0.15, 0.2) is 84.9 Å². The van der Waals surface area contributed by atoms with E-state index in [9.17, 15) is 24.5 Å². The van der Waals surface area contributed by atoms with Crippen molar-refractivity contribution >= 4 is 40.1 Å². The zero-order valence-electron chi connectivity index (χ0n) is 21.1. The number of allylic oxidation sites excluding steroid dienone is 2. The fraction of sp³-hybridized carbons (Fsp3) is 0.258. The maximum absolute atomic E-state index is 14.6. The molecule has 38 heavy (non-hydrogen) atoms. The van der Waals surface area contributed by atoms with Gasteiger partial charge in [0.05, 0.1) is 33.3 Å². The second-order valence-electron chi connectivity index (χ2n) is 10.5. The molecule has 1 heterocycles. The number of hydrogen-bond acceptors (Lipinski definition) is 5. The molecule has 1 saturated heterocycles. The number of carbonyl (C=O) groups is 3. The minimum absolute atomic E-state index is 0.0652. The number of rotatable bonds is 6. The Balaban J connectivity index is 1.61. The number of amides is 2. The van der Waals surface area contributed by atoms with Crippen molar-refractivity contribution in [1.29, 1.82) is 0 Å². The summed E-state index contributed by atoms with van der Waals surface area (Å²) in [7, 11) is 0. The van der Waals surface area contributed by atoms with Crippen LogP contribution in [-0.2, 0) is 14.4 Å². The van der Waals surface area contributed by atoms with E-state index in [0.717, 1.165) is 27.2 Å². The van der Waals surface area contributed by atoms with Crippen molar-refractivity contribution < 1.29 is 19.3 Å². The number of Topliss-reactive ketones (excluding diaryl/α,β-unsaturated/α-hetero) is 1. The van der Waals surface area contributed by atoms with Crippen LogP contribution in [-0.4, -0.2) is 22.5 Å². The van der Waals surface area contributed by atoms with Gasteiger partial charge in [0.15, 0.2) is 5.78 Å². The molecule has 2 aliphatic carbocycles. The number of ketones is 1. The Morgan fingerprint density at radius 3 is 1.84 bits per heavy atom. The third-order valence-corrected chi connectivity index (χ3v) is 8.64. The van der Waals surface area contributed by atoms with Crippen LogP contribution in [0, 0.1) is 32.8 Å². The summed E-state index contributed by atoms with van der Waals surface area (Å²) < 4.78 is 0. The quantitative estimate of drug-likeness (QED) is 0.243. The average Bonchev–Trinajstić information content (AvgIpc) is 3.39. The average molecular weight is 507 g/mol. The lowest BCUT2D eigenvalue weighted by Crippen LogP contribution is -2.41. The van der Waals surface area contributed by atoms with E-state index in [-0.39, 0.29) is 17.2 Å². The summed E-state index contributed by atoms with van der Waals surface area (Å²) in [5.74, 6) is -2.61. The van der Waals surface area contributed by atoms with Gasteiger partial charge >= 0.3 is 0 Å². The summed E-state index contributed by atoms with van der Waals surface area (Å²) in [5, 5.41) is 11.2. The van der Waals surface area contributed by atoms with Gasteiger partial charge in [0.1, 0.15) is 0 Å². The van der Waals surface area contributed by atoms with Gasteiger partial charge in [-0.15, -0.1) is 0 Å². The first kappa shape index (κ1) is 24.0. The molecule has 0 N–H and O–H groups in total. The predicted molar refractivity (Wildman–Crippen MR) is 143 cm³/mol. The van der Waals surface area contributed by atoms with Crippen LogP contribution in [0.4, 0.5) is 11.4 Å². The molecule has 3 aliphatic rings. The molecule has 0 unspecified atom stereocenters. The van der Waals surface area contributed by atoms with Gasteiger partial charge in [0, 0.05) is 12.1 Å². The Morgan fingerprint density at radius 2 is 1.32 bits per heavy atom. The monoisotopic (exact) mass is 506 g/mol. The smallest absolute Gasteiger partial charge is 0.269 e. The molecule has 7 heteroatoms. The van der Waals surface area contributed by atoms with Crippen LogP contribution in [0.3, 0.4) is 0 Å². The topological polar surface area (TPSA) is 97.6 Å². The largest absolute Gasteiger partial charge is 0.298 e. The van der Waals surface area contributed by atoms with Crippen molar-refractivity contribution in [2.75, 3.05) is 4.90 Å². The lowest BCUT2D eigenvalue weighted by atomic mass is 9.61. The second kappa shape index (κ2) is 8.31. The molecule has 6 rings (SSSR count). The normalized spacial score (nSPS) is 27.8. The van der Waals surface area contributed by atoms with E-state index in [1.807, 2.05) is 74.5 Å². The Hall–Kier alpha value is -4.39. The highest BCUT2D eigenvalue weighted by atomic mass is 16.6. The highest BCUT2D eigenvalue weighted by Crippen LogP contribution is 2.74. The van der Waals surface area contributed by atoms with Gasteiger partial charge in [-0.25, -0.2) is 4.90 Å². The van der Waals surface area contributed by atoms with E-state index >= 15 is 0 Å². The predicted octanol–water partition coefficient (Wildman–Crippen LogP) is 5.70. The lowest BCUT2D eigenvalue weighted by Gasteiger charge is -2.37. The van der Waals surface area contributed by atoms with Crippen molar-refractivity contribution in [1.82, 2.24) is 0 Å². The molecule has 2 fully saturated rings. The summed E-state index contributed by atoms with van der Waals surface area (Å²) in [5.41, 5.74) is 1.21. The number of carbonyl (C=O) groups excluding carboxylic acids is 3. The number of anilines is 1. The van der Waals surface area contributed by atoms with Gasteiger partial charge in [0.25, 0.3) is 5.69 Å². The molecule has 7 nitrogen and oxygen atoms in total. The van der Waals surface area contributed by atoms with Crippen LogP contribution < -0.4 is 4.90 Å². The summed E-state index contributed by atoms with van der Waals surface area (Å²) in [6, 6.07) is 24.8. The number of hydrogen-bond donors (Lipinski definition) is 0. The van der Waals surface area contributed by atoms with Crippen LogP contribution in [0.25, 0.3) is 11.1 Å². The van der Waals surface area contributed by atoms with Crippen LogP contribution >= 0.6 is 0 Å². The summed E-state index contributed by atoms with van der Waals surface area (Å²) in [6.07, 6.45) is 1.10. The Kier molecular flexibility index (Phi) is 5.24. The molecule has 190 valence electrons. The third-order valence-electron chi connectivity index (χ3n) is 8.64. The van der Waals surface area contributed by atoms with Crippen molar-refractivity contribution in [2.24, 2.45) is 22.7 Å². The number of nitrogens with zero attached hydrogens (tertiary/aromatic N) is 2. The van der Waals surface area contributed by atoms with Crippen molar-refractivity contribution in [3.63, 3.8) is 0 Å². The molecular weight excluding hydrogens is 480 g/mol. The molecule has 1 aliphatic heterocycles. The Bertz CT molecular complexity index is 1530. The fourth-order valence-electron chi connectivity index (χ4n) is 7.34. The minimum atomic E-state index is -1.20. The van der Waals surface area contributed by atoms with E-state index in [0.29, 0.717) is 12.8 Å². The molecule has 1 saturated carbocycles. The zero-order valence-corrected chi connectivity index (χ0v) is 21.1. The van der Waals surface area contributed by atoms with E-state index in [4.69, 9.17) is 0 Å². The van der Waals surface area contributed by atoms with E-state index < -0.39 is 39.4 Å². The van der Waals surface area contributed by atoms with Crippen molar-refractivity contribution in [2.45, 2.75) is 26.7 Å². The standard InChI is InChI=1S/C31H26N2O5/c1-3-18-31-24(20-12-8-5-9-13-20)23(19-10-6-4-7-11-19)30(2,29(31)36)25-26(31)28(35)32(27(25)34)21-14-16-22(17-15-21)33(37)38/h4-17,25-26H,3,18H2,1-2H3/t25-,26+,30+,31-/m1/s1. The van der Waals surface area contributed by atoms with Gasteiger partial charge in [0.2, 0.25) is 11.8 Å². The fourth-order valence-corrected chi connectivity index (χ4v) is 7.34. The molecule has 0 spiro atoms. The molecule has 2 bridgehead atoms. The Morgan fingerprint density at radius 1 is 0.789 bits per heavy atom. The first-order valence-corrected chi connectivity index (χ1v) is 12.8. The lowest BCUT2D eigenvalue weighted by molar-refractivity contribution is -0.384. The molecule has 0 aromatic heterocycles. The first-order valence-electron chi connectivity index (χ1n) is 12.8. The number of nitro groups is 1. The minimum Gasteiger partial charge on any atom is -0.298 e. The molecule has 3 aromatic rings. The van der Waals surface area contributed by atoms with Gasteiger partial charge in [-0.1, -0.05) is 74.0 Å². The zero-order chi connectivity index (χ0) is 26.8. The highest BCUT2D eigenvalue weighted by Gasteiger charge is 2.80. The molecule has 0 radical (unpaired) electrons. The SMILES string of the molecule is CCC[C@@]12C(=O)[C@@](C)(C(c3ccccc3)=C1c1ccccc1)[C@H]1C(=O)N(c3ccc([N+](=O)[O-])cc3)C(=O)[C@H]12. The highest BCUT2D eigenvalue weighted by molar-refractivity contribution is 6.34. The van der Waals surface area contributed by atoms with E-state index in [1.54, 1.807) is 0 Å². The number of fused-ring (bicyclic) bond motifs is 5. The van der Waals surface area contributed by atoms with Gasteiger partial charge < -0.3 is 0 Å². The van der Waals surface area contributed by atoms with Crippen LogP contribution in [0.5, 0.6) is 0 Å². The number of non-ortho nitro benzene ring substituents is 1. The number of benzene rings is 3. The number of imide groups is 1. The maximum atomic E-state index is 14.6. The first-order chi connectivity index (χ1) is 18.3. The van der Waals surface area contributed by atoms with Gasteiger partial charge in [-0.05, 0) is 47.8 Å². The number of nitro benzene ring substituents is 1. The van der Waals surface area contributed by atoms with Crippen molar-refractivity contribution in [3.8, 4) is 0 Å². The summed E-state index contributed by atoms with van der Waals surface area (Å²) in [4.78, 5) is 54.7. The van der Waals surface area contributed by atoms with Gasteiger partial charge in [-0.3, -0.25) is 24.5 Å². The third kappa shape index (κ3) is 2.87. The second-order valence-corrected chi connectivity index (χ2v) is 10.5. The molecule has 3 aromatic carbocycles. The molecule has 2 amide bonds. The van der Waals surface area contributed by atoms with E-state index in [2.05, 4.69) is 0 Å². The summed E-state index contributed by atoms with van der Waals surface area (Å²) >= 11 is 0. The van der Waals surface area contributed by atoms with Gasteiger partial charge in [-0.2, -0.15) is 0 Å². The summed E-state index contributed by atoms with van der Waals surface area (Å²) in [6.45, 7) is 3.82. The molecule has 4 atom stereocenters. The van der Waals surface area contributed by atoms with Crippen LogP contribution in [0.1, 0.15) is 37.8 Å². The molecular formula is C31H26N2O5. The van der Waals surface area contributed by atoms with E-state index in [1.165, 1.54) is 24.3 Å².